The van der Waals surface area contributed by atoms with Gasteiger partial charge in [-0.25, -0.2) is 4.99 Å². The van der Waals surface area contributed by atoms with Gasteiger partial charge in [-0.3, -0.25) is 14.6 Å². The van der Waals surface area contributed by atoms with E-state index >= 15 is 0 Å². The van der Waals surface area contributed by atoms with Crippen molar-refractivity contribution >= 4 is 11.9 Å². The summed E-state index contributed by atoms with van der Waals surface area (Å²) in [5.74, 6) is 0. The van der Waals surface area contributed by atoms with Crippen LogP contribution in [0.4, 0.5) is 0 Å². The van der Waals surface area contributed by atoms with Crippen molar-refractivity contribution in [2.75, 3.05) is 46.4 Å². The Morgan fingerprint density at radius 2 is 2.00 bits per heavy atom. The Labute approximate surface area is 198 Å². The molecule has 3 heterocycles. The van der Waals surface area contributed by atoms with Crippen molar-refractivity contribution in [3.8, 4) is 0 Å². The Morgan fingerprint density at radius 1 is 1.24 bits per heavy atom. The van der Waals surface area contributed by atoms with Crippen molar-refractivity contribution in [1.29, 1.82) is 0 Å². The number of ether oxygens (including phenoxy) is 1. The van der Waals surface area contributed by atoms with Crippen LogP contribution < -0.4 is 5.73 Å². The maximum atomic E-state index is 5.99. The van der Waals surface area contributed by atoms with Crippen molar-refractivity contribution in [2.45, 2.75) is 46.1 Å². The van der Waals surface area contributed by atoms with E-state index in [1.807, 2.05) is 25.7 Å². The Balaban J connectivity index is 1.80. The minimum atomic E-state index is 0.396. The molecule has 0 spiro atoms. The zero-order valence-corrected chi connectivity index (χ0v) is 20.6. The second kappa shape index (κ2) is 12.5. The first-order valence-electron chi connectivity index (χ1n) is 12.1. The number of aromatic nitrogens is 2. The van der Waals surface area contributed by atoms with Crippen LogP contribution in [0.15, 0.2) is 57.8 Å². The molecule has 0 aliphatic carbocycles. The molecule has 1 aromatic heterocycles. The topological polar surface area (TPSA) is 84.3 Å². The van der Waals surface area contributed by atoms with E-state index in [-0.39, 0.29) is 0 Å². The summed E-state index contributed by atoms with van der Waals surface area (Å²) in [4.78, 5) is 14.1. The fourth-order valence-electron chi connectivity index (χ4n) is 4.12. The molecule has 0 atom stereocenters. The van der Waals surface area contributed by atoms with E-state index in [0.29, 0.717) is 6.04 Å². The van der Waals surface area contributed by atoms with Crippen molar-refractivity contribution in [1.82, 2.24) is 19.6 Å². The van der Waals surface area contributed by atoms with Crippen LogP contribution in [-0.4, -0.2) is 77.9 Å². The molecule has 33 heavy (non-hydrogen) atoms. The molecule has 2 aliphatic rings. The van der Waals surface area contributed by atoms with Crippen LogP contribution in [0.3, 0.4) is 0 Å². The molecular weight excluding hydrogens is 414 g/mol. The lowest BCUT2D eigenvalue weighted by molar-refractivity contribution is 0.0395. The minimum Gasteiger partial charge on any atom is -0.404 e. The van der Waals surface area contributed by atoms with Crippen LogP contribution in [-0.2, 0) is 4.74 Å². The highest BCUT2D eigenvalue weighted by molar-refractivity contribution is 6.13. The normalized spacial score (nSPS) is 19.6. The predicted octanol–water partition coefficient (Wildman–Crippen LogP) is 3.36. The second-order valence-electron chi connectivity index (χ2n) is 8.37. The van der Waals surface area contributed by atoms with Gasteiger partial charge in [0.15, 0.2) is 0 Å². The molecule has 0 aromatic carbocycles. The SMILES string of the molecule is CC/C=C1/C(c2cnn(C(CC)CC)c2)=NC(C(C=NCCN2CCOCC2)=CN)=CN1C. The van der Waals surface area contributed by atoms with Gasteiger partial charge in [-0.05, 0) is 19.3 Å². The monoisotopic (exact) mass is 453 g/mol. The lowest BCUT2D eigenvalue weighted by atomic mass is 10.1. The predicted molar refractivity (Wildman–Crippen MR) is 135 cm³/mol. The number of likely N-dealkylation sites (N-methyl/N-ethyl adjacent to an activating group) is 1. The smallest absolute Gasteiger partial charge is 0.0974 e. The van der Waals surface area contributed by atoms with E-state index < -0.39 is 0 Å². The molecule has 0 radical (unpaired) electrons. The standard InChI is InChI=1S/C25H39N7O/c1-5-8-24-25(21-17-28-32(18-21)22(6-2)7-3)29-23(19-30(24)4)20(15-26)16-27-9-10-31-11-13-33-14-12-31/h8,15-19,22H,5-7,9-14,26H2,1-4H3/b20-15?,24-8-,27-16?. The molecule has 1 fully saturated rings. The summed E-state index contributed by atoms with van der Waals surface area (Å²) >= 11 is 0. The van der Waals surface area contributed by atoms with Crippen LogP contribution in [0.25, 0.3) is 0 Å². The number of nitrogens with two attached hydrogens (primary N) is 1. The largest absolute Gasteiger partial charge is 0.404 e. The van der Waals surface area contributed by atoms with Crippen LogP contribution in [0, 0.1) is 0 Å². The lowest BCUT2D eigenvalue weighted by Gasteiger charge is -2.26. The summed E-state index contributed by atoms with van der Waals surface area (Å²) in [7, 11) is 2.05. The highest BCUT2D eigenvalue weighted by Gasteiger charge is 2.22. The van der Waals surface area contributed by atoms with Gasteiger partial charge >= 0.3 is 0 Å². The van der Waals surface area contributed by atoms with Crippen molar-refractivity contribution in [3.05, 3.63) is 53.4 Å². The summed E-state index contributed by atoms with van der Waals surface area (Å²) < 4.78 is 7.47. The fourth-order valence-corrected chi connectivity index (χ4v) is 4.12. The number of allylic oxidation sites excluding steroid dienone is 3. The van der Waals surface area contributed by atoms with Crippen molar-refractivity contribution in [3.63, 3.8) is 0 Å². The Hall–Kier alpha value is -2.71. The molecule has 0 bridgehead atoms. The van der Waals surface area contributed by atoms with Crippen LogP contribution in [0.5, 0.6) is 0 Å². The first-order chi connectivity index (χ1) is 16.1. The van der Waals surface area contributed by atoms with E-state index in [0.717, 1.165) is 86.9 Å². The number of rotatable bonds is 10. The lowest BCUT2D eigenvalue weighted by Crippen LogP contribution is -2.37. The van der Waals surface area contributed by atoms with Crippen molar-refractivity contribution < 1.29 is 4.74 Å². The minimum absolute atomic E-state index is 0.396. The third kappa shape index (κ3) is 6.42. The molecule has 0 amide bonds. The van der Waals surface area contributed by atoms with Crippen LogP contribution >= 0.6 is 0 Å². The van der Waals surface area contributed by atoms with E-state index in [1.165, 1.54) is 0 Å². The first kappa shape index (κ1) is 24.9. The van der Waals surface area contributed by atoms with Gasteiger partial charge in [0.1, 0.15) is 0 Å². The maximum absolute atomic E-state index is 5.99. The summed E-state index contributed by atoms with van der Waals surface area (Å²) in [5.41, 5.74) is 10.6. The van der Waals surface area contributed by atoms with E-state index in [9.17, 15) is 0 Å². The summed E-state index contributed by atoms with van der Waals surface area (Å²) in [5, 5.41) is 4.64. The number of hydrogen-bond acceptors (Lipinski definition) is 7. The average Bonchev–Trinajstić information content (AvgIpc) is 3.32. The molecular formula is C25H39N7O. The van der Waals surface area contributed by atoms with Crippen molar-refractivity contribution in [2.24, 2.45) is 15.7 Å². The van der Waals surface area contributed by atoms with Gasteiger partial charge in [0.05, 0.1) is 49.1 Å². The highest BCUT2D eigenvalue weighted by Crippen LogP contribution is 2.25. The van der Waals surface area contributed by atoms with Gasteiger partial charge in [-0.2, -0.15) is 5.10 Å². The van der Waals surface area contributed by atoms with Gasteiger partial charge in [-0.15, -0.1) is 0 Å². The second-order valence-corrected chi connectivity index (χ2v) is 8.37. The first-order valence-corrected chi connectivity index (χ1v) is 12.1. The Bertz CT molecular complexity index is 915. The number of hydrogen-bond donors (Lipinski definition) is 1. The zero-order valence-electron chi connectivity index (χ0n) is 20.6. The summed E-state index contributed by atoms with van der Waals surface area (Å²) in [6.45, 7) is 11.7. The number of aliphatic imine (C=N–C) groups is 2. The molecule has 180 valence electrons. The summed E-state index contributed by atoms with van der Waals surface area (Å²) in [6.07, 6.45) is 14.7. The fraction of sp³-hybridized carbons (Fsp3) is 0.560. The molecule has 8 heteroatoms. The molecule has 2 N–H and O–H groups in total. The van der Waals surface area contributed by atoms with Crippen LogP contribution in [0.1, 0.15) is 51.6 Å². The van der Waals surface area contributed by atoms with E-state index in [1.54, 1.807) is 6.20 Å². The molecule has 3 rings (SSSR count). The molecule has 2 aliphatic heterocycles. The van der Waals surface area contributed by atoms with Gasteiger partial charge in [-0.1, -0.05) is 26.8 Å². The van der Waals surface area contributed by atoms with Gasteiger partial charge < -0.3 is 15.4 Å². The highest BCUT2D eigenvalue weighted by atomic mass is 16.5. The maximum Gasteiger partial charge on any atom is 0.0974 e. The summed E-state index contributed by atoms with van der Waals surface area (Å²) in [6, 6.07) is 0.396. The molecule has 0 saturated carbocycles. The Morgan fingerprint density at radius 3 is 2.67 bits per heavy atom. The third-order valence-corrected chi connectivity index (χ3v) is 6.11. The molecule has 1 saturated heterocycles. The third-order valence-electron chi connectivity index (χ3n) is 6.11. The zero-order chi connectivity index (χ0) is 23.6. The quantitative estimate of drug-likeness (QED) is 0.549. The Kier molecular flexibility index (Phi) is 9.45. The van der Waals surface area contributed by atoms with E-state index in [4.69, 9.17) is 15.5 Å². The van der Waals surface area contributed by atoms with Crippen LogP contribution in [0.2, 0.25) is 0 Å². The number of morpholine rings is 1. The van der Waals surface area contributed by atoms with Gasteiger partial charge in [0.2, 0.25) is 0 Å². The van der Waals surface area contributed by atoms with Gasteiger partial charge in [0, 0.05) is 62.6 Å². The average molecular weight is 454 g/mol. The molecule has 1 aromatic rings. The molecule has 0 unspecified atom stereocenters. The van der Waals surface area contributed by atoms with Gasteiger partial charge in [0.25, 0.3) is 0 Å². The van der Waals surface area contributed by atoms with E-state index in [2.05, 4.69) is 57.6 Å². The number of nitrogens with zero attached hydrogens (tertiary/aromatic N) is 6. The molecule has 8 nitrogen and oxygen atoms in total.